The summed E-state index contributed by atoms with van der Waals surface area (Å²) in [5.74, 6) is 1.93. The third-order valence-electron chi connectivity index (χ3n) is 5.74. The minimum atomic E-state index is 0.472. The second-order valence-electron chi connectivity index (χ2n) is 7.09. The van der Waals surface area contributed by atoms with Crippen LogP contribution in [0.4, 0.5) is 0 Å². The molecule has 3 aliphatic rings. The average molecular weight is 278 g/mol. The molecule has 1 unspecified atom stereocenters. The standard InChI is InChI=1S/C17H30N2O/c20-17(13-14-5-4-6-14)19-12-3-1-2-7-16(19)15-8-10-18-11-9-15/h14-16,18H,1-13H2. The van der Waals surface area contributed by atoms with E-state index < -0.39 is 0 Å². The largest absolute Gasteiger partial charge is 0.339 e. The Bertz CT molecular complexity index is 321. The second kappa shape index (κ2) is 6.93. The summed E-state index contributed by atoms with van der Waals surface area (Å²) in [4.78, 5) is 15.0. The molecule has 1 N–H and O–H groups in total. The van der Waals surface area contributed by atoms with Crippen molar-refractivity contribution in [3.8, 4) is 0 Å². The van der Waals surface area contributed by atoms with Gasteiger partial charge < -0.3 is 10.2 Å². The molecule has 0 radical (unpaired) electrons. The number of amides is 1. The lowest BCUT2D eigenvalue weighted by atomic mass is 9.82. The van der Waals surface area contributed by atoms with Crippen molar-refractivity contribution < 1.29 is 4.79 Å². The fourth-order valence-electron chi connectivity index (χ4n) is 4.22. The zero-order valence-corrected chi connectivity index (χ0v) is 12.8. The van der Waals surface area contributed by atoms with E-state index in [0.29, 0.717) is 17.9 Å². The first-order chi connectivity index (χ1) is 9.84. The van der Waals surface area contributed by atoms with Crippen LogP contribution in [0.1, 0.15) is 64.2 Å². The lowest BCUT2D eigenvalue weighted by Crippen LogP contribution is -2.47. The Morgan fingerprint density at radius 2 is 1.75 bits per heavy atom. The highest BCUT2D eigenvalue weighted by atomic mass is 16.2. The zero-order chi connectivity index (χ0) is 13.8. The molecule has 114 valence electrons. The van der Waals surface area contributed by atoms with Crippen LogP contribution in [0.25, 0.3) is 0 Å². The molecule has 3 nitrogen and oxygen atoms in total. The SMILES string of the molecule is O=C(CC1CCC1)N1CCCCCC1C1CCNCC1. The van der Waals surface area contributed by atoms with Gasteiger partial charge in [-0.15, -0.1) is 0 Å². The highest BCUT2D eigenvalue weighted by Gasteiger charge is 2.33. The smallest absolute Gasteiger partial charge is 0.223 e. The van der Waals surface area contributed by atoms with E-state index in [9.17, 15) is 4.79 Å². The molecule has 3 rings (SSSR count). The maximum absolute atomic E-state index is 12.7. The van der Waals surface area contributed by atoms with E-state index in [0.717, 1.165) is 32.0 Å². The molecule has 1 aliphatic carbocycles. The summed E-state index contributed by atoms with van der Waals surface area (Å²) >= 11 is 0. The minimum absolute atomic E-state index is 0.472. The Kier molecular flexibility index (Phi) is 4.98. The molecule has 1 saturated carbocycles. The predicted octanol–water partition coefficient (Wildman–Crippen LogP) is 2.95. The topological polar surface area (TPSA) is 32.3 Å². The lowest BCUT2D eigenvalue weighted by Gasteiger charge is -2.39. The van der Waals surface area contributed by atoms with Gasteiger partial charge in [-0.25, -0.2) is 0 Å². The lowest BCUT2D eigenvalue weighted by molar-refractivity contribution is -0.136. The Balaban J connectivity index is 1.64. The summed E-state index contributed by atoms with van der Waals surface area (Å²) < 4.78 is 0. The third kappa shape index (κ3) is 3.36. The maximum atomic E-state index is 12.7. The van der Waals surface area contributed by atoms with Gasteiger partial charge in [-0.2, -0.15) is 0 Å². The van der Waals surface area contributed by atoms with Crippen molar-refractivity contribution in [1.29, 1.82) is 0 Å². The van der Waals surface area contributed by atoms with Crippen molar-refractivity contribution >= 4 is 5.91 Å². The van der Waals surface area contributed by atoms with E-state index in [4.69, 9.17) is 0 Å². The van der Waals surface area contributed by atoms with E-state index in [1.54, 1.807) is 0 Å². The van der Waals surface area contributed by atoms with E-state index in [2.05, 4.69) is 10.2 Å². The first-order valence-electron chi connectivity index (χ1n) is 8.85. The molecule has 0 spiro atoms. The molecular formula is C17H30N2O. The third-order valence-corrected chi connectivity index (χ3v) is 5.74. The van der Waals surface area contributed by atoms with Gasteiger partial charge in [0.15, 0.2) is 0 Å². The van der Waals surface area contributed by atoms with Crippen molar-refractivity contribution in [1.82, 2.24) is 10.2 Å². The molecule has 0 aromatic heterocycles. The fraction of sp³-hybridized carbons (Fsp3) is 0.941. The van der Waals surface area contributed by atoms with Crippen LogP contribution in [-0.4, -0.2) is 36.5 Å². The van der Waals surface area contributed by atoms with E-state index in [-0.39, 0.29) is 0 Å². The van der Waals surface area contributed by atoms with Crippen LogP contribution in [0.5, 0.6) is 0 Å². The molecule has 1 amide bonds. The van der Waals surface area contributed by atoms with Gasteiger partial charge in [-0.3, -0.25) is 4.79 Å². The number of carbonyl (C=O) groups excluding carboxylic acids is 1. The number of hydrogen-bond donors (Lipinski definition) is 1. The van der Waals surface area contributed by atoms with Crippen LogP contribution in [0.2, 0.25) is 0 Å². The van der Waals surface area contributed by atoms with Crippen molar-refractivity contribution in [2.75, 3.05) is 19.6 Å². The fourth-order valence-corrected chi connectivity index (χ4v) is 4.22. The van der Waals surface area contributed by atoms with E-state index in [1.807, 2.05) is 0 Å². The Hall–Kier alpha value is -0.570. The van der Waals surface area contributed by atoms with Crippen LogP contribution >= 0.6 is 0 Å². The van der Waals surface area contributed by atoms with Gasteiger partial charge in [0.05, 0.1) is 0 Å². The highest BCUT2D eigenvalue weighted by molar-refractivity contribution is 5.77. The van der Waals surface area contributed by atoms with Gasteiger partial charge in [0, 0.05) is 19.0 Å². The maximum Gasteiger partial charge on any atom is 0.223 e. The van der Waals surface area contributed by atoms with Crippen molar-refractivity contribution in [2.24, 2.45) is 11.8 Å². The number of carbonyl (C=O) groups is 1. The second-order valence-corrected chi connectivity index (χ2v) is 7.09. The van der Waals surface area contributed by atoms with Crippen molar-refractivity contribution in [2.45, 2.75) is 70.3 Å². The monoisotopic (exact) mass is 278 g/mol. The first-order valence-corrected chi connectivity index (χ1v) is 8.85. The van der Waals surface area contributed by atoms with Crippen LogP contribution in [0, 0.1) is 11.8 Å². The Morgan fingerprint density at radius 1 is 0.950 bits per heavy atom. The molecule has 0 aromatic carbocycles. The van der Waals surface area contributed by atoms with Gasteiger partial charge in [0.25, 0.3) is 0 Å². The Morgan fingerprint density at radius 3 is 2.45 bits per heavy atom. The van der Waals surface area contributed by atoms with Gasteiger partial charge in [-0.1, -0.05) is 19.3 Å². The number of hydrogen-bond acceptors (Lipinski definition) is 2. The van der Waals surface area contributed by atoms with Crippen LogP contribution in [0.3, 0.4) is 0 Å². The summed E-state index contributed by atoms with van der Waals surface area (Å²) in [5.41, 5.74) is 0. The molecule has 2 heterocycles. The first kappa shape index (κ1) is 14.4. The highest BCUT2D eigenvalue weighted by Crippen LogP contribution is 2.33. The molecule has 1 atom stereocenters. The zero-order valence-electron chi connectivity index (χ0n) is 12.8. The van der Waals surface area contributed by atoms with Crippen LogP contribution in [0.15, 0.2) is 0 Å². The molecule has 0 aromatic rings. The molecule has 3 heteroatoms. The Labute approximate surface area is 123 Å². The van der Waals surface area contributed by atoms with Crippen molar-refractivity contribution in [3.63, 3.8) is 0 Å². The molecule has 2 aliphatic heterocycles. The molecular weight excluding hydrogens is 248 g/mol. The van der Waals surface area contributed by atoms with Gasteiger partial charge in [0.1, 0.15) is 0 Å². The average Bonchev–Trinajstić information content (AvgIpc) is 2.69. The summed E-state index contributed by atoms with van der Waals surface area (Å²) in [5, 5.41) is 3.46. The minimum Gasteiger partial charge on any atom is -0.339 e. The molecule has 2 saturated heterocycles. The van der Waals surface area contributed by atoms with Gasteiger partial charge in [0.2, 0.25) is 5.91 Å². The van der Waals surface area contributed by atoms with Crippen molar-refractivity contribution in [3.05, 3.63) is 0 Å². The quantitative estimate of drug-likeness (QED) is 0.861. The van der Waals surface area contributed by atoms with E-state index >= 15 is 0 Å². The summed E-state index contributed by atoms with van der Waals surface area (Å²) in [6.07, 6.45) is 12.4. The number of nitrogens with zero attached hydrogens (tertiary/aromatic N) is 1. The van der Waals surface area contributed by atoms with Gasteiger partial charge in [-0.05, 0) is 63.5 Å². The van der Waals surface area contributed by atoms with Crippen LogP contribution in [-0.2, 0) is 4.79 Å². The van der Waals surface area contributed by atoms with E-state index in [1.165, 1.54) is 57.8 Å². The number of rotatable bonds is 3. The molecule has 0 bridgehead atoms. The molecule has 3 fully saturated rings. The molecule has 20 heavy (non-hydrogen) atoms. The summed E-state index contributed by atoms with van der Waals surface area (Å²) in [7, 11) is 0. The number of likely N-dealkylation sites (tertiary alicyclic amines) is 1. The van der Waals surface area contributed by atoms with Gasteiger partial charge >= 0.3 is 0 Å². The normalized spacial score (nSPS) is 29.8. The number of nitrogens with one attached hydrogen (secondary N) is 1. The summed E-state index contributed by atoms with van der Waals surface area (Å²) in [6.45, 7) is 3.32. The van der Waals surface area contributed by atoms with Crippen LogP contribution < -0.4 is 5.32 Å². The number of piperidine rings is 1. The summed E-state index contributed by atoms with van der Waals surface area (Å²) in [6, 6.07) is 0.548. The predicted molar refractivity (Wildman–Crippen MR) is 81.5 cm³/mol.